The smallest absolute Gasteiger partial charge is 0.111 e. The molecule has 0 bridgehead atoms. The maximum absolute atomic E-state index is 6.18. The van der Waals surface area contributed by atoms with E-state index in [9.17, 15) is 0 Å². The Morgan fingerprint density at radius 1 is 1.33 bits per heavy atom. The van der Waals surface area contributed by atoms with Crippen molar-refractivity contribution in [1.29, 1.82) is 0 Å². The van der Waals surface area contributed by atoms with Gasteiger partial charge in [0, 0.05) is 23.9 Å². The Bertz CT molecular complexity index is 621. The number of nitrogens with zero attached hydrogens (tertiary/aromatic N) is 2. The highest BCUT2D eigenvalue weighted by molar-refractivity contribution is 6.31. The molecular formula is C17H22Cl2N2. The minimum absolute atomic E-state index is 0.609. The first kappa shape index (κ1) is 15.2. The molecule has 1 heterocycles. The highest BCUT2D eigenvalue weighted by Gasteiger charge is 2.21. The summed E-state index contributed by atoms with van der Waals surface area (Å²) >= 11 is 12.1. The third-order valence-corrected chi connectivity index (χ3v) is 5.02. The van der Waals surface area contributed by atoms with Crippen LogP contribution < -0.4 is 0 Å². The van der Waals surface area contributed by atoms with Crippen LogP contribution in [0.5, 0.6) is 0 Å². The SMILES string of the molecule is CC1CCCC(Cn2c(CCCl)nc3ccc(Cl)cc32)C1. The minimum atomic E-state index is 0.609. The fourth-order valence-electron chi connectivity index (χ4n) is 3.61. The molecule has 4 heteroatoms. The van der Waals surface area contributed by atoms with E-state index in [2.05, 4.69) is 11.5 Å². The molecule has 1 aromatic carbocycles. The zero-order valence-corrected chi connectivity index (χ0v) is 14.0. The summed E-state index contributed by atoms with van der Waals surface area (Å²) in [5, 5.41) is 0.776. The molecule has 2 atom stereocenters. The summed E-state index contributed by atoms with van der Waals surface area (Å²) in [6.07, 6.45) is 6.19. The van der Waals surface area contributed by atoms with Gasteiger partial charge in [-0.2, -0.15) is 0 Å². The number of halogens is 2. The molecular weight excluding hydrogens is 303 g/mol. The number of aromatic nitrogens is 2. The van der Waals surface area contributed by atoms with Crippen LogP contribution in [-0.2, 0) is 13.0 Å². The average Bonchev–Trinajstić information content (AvgIpc) is 2.77. The van der Waals surface area contributed by atoms with Crippen LogP contribution in [0.2, 0.25) is 5.02 Å². The number of fused-ring (bicyclic) bond motifs is 1. The van der Waals surface area contributed by atoms with Crippen LogP contribution >= 0.6 is 23.2 Å². The molecule has 3 rings (SSSR count). The van der Waals surface area contributed by atoms with E-state index < -0.39 is 0 Å². The Morgan fingerprint density at radius 2 is 2.19 bits per heavy atom. The molecule has 114 valence electrons. The number of imidazole rings is 1. The Morgan fingerprint density at radius 3 is 2.95 bits per heavy atom. The Balaban J connectivity index is 1.94. The predicted molar refractivity (Wildman–Crippen MR) is 90.3 cm³/mol. The van der Waals surface area contributed by atoms with Gasteiger partial charge in [0.2, 0.25) is 0 Å². The Labute approximate surface area is 136 Å². The minimum Gasteiger partial charge on any atom is -0.328 e. The van der Waals surface area contributed by atoms with Gasteiger partial charge in [0.1, 0.15) is 5.82 Å². The summed E-state index contributed by atoms with van der Waals surface area (Å²) in [5.41, 5.74) is 2.18. The van der Waals surface area contributed by atoms with E-state index in [1.54, 1.807) is 0 Å². The molecule has 1 fully saturated rings. The number of alkyl halides is 1. The van der Waals surface area contributed by atoms with Crippen LogP contribution in [0.3, 0.4) is 0 Å². The largest absolute Gasteiger partial charge is 0.328 e. The monoisotopic (exact) mass is 324 g/mol. The molecule has 0 amide bonds. The molecule has 1 saturated carbocycles. The van der Waals surface area contributed by atoms with E-state index in [4.69, 9.17) is 28.2 Å². The topological polar surface area (TPSA) is 17.8 Å². The van der Waals surface area contributed by atoms with E-state index in [0.717, 1.165) is 46.7 Å². The second-order valence-corrected chi connectivity index (χ2v) is 7.16. The van der Waals surface area contributed by atoms with Gasteiger partial charge in [-0.25, -0.2) is 4.98 Å². The Kier molecular flexibility index (Phi) is 4.75. The van der Waals surface area contributed by atoms with E-state index in [0.29, 0.717) is 5.88 Å². The second kappa shape index (κ2) is 6.58. The third kappa shape index (κ3) is 3.37. The van der Waals surface area contributed by atoms with E-state index >= 15 is 0 Å². The van der Waals surface area contributed by atoms with Gasteiger partial charge in [-0.15, -0.1) is 11.6 Å². The molecule has 0 N–H and O–H groups in total. The number of aryl methyl sites for hydroxylation is 1. The van der Waals surface area contributed by atoms with Gasteiger partial charge < -0.3 is 4.57 Å². The average molecular weight is 325 g/mol. The van der Waals surface area contributed by atoms with Crippen molar-refractivity contribution in [2.75, 3.05) is 5.88 Å². The number of rotatable bonds is 4. The summed E-state index contributed by atoms with van der Waals surface area (Å²) < 4.78 is 2.35. The first-order chi connectivity index (χ1) is 10.2. The summed E-state index contributed by atoms with van der Waals surface area (Å²) in [5.74, 6) is 3.30. The van der Waals surface area contributed by atoms with E-state index in [1.165, 1.54) is 25.7 Å². The molecule has 2 aromatic rings. The van der Waals surface area contributed by atoms with Crippen molar-refractivity contribution in [2.45, 2.75) is 45.6 Å². The highest BCUT2D eigenvalue weighted by atomic mass is 35.5. The zero-order valence-electron chi connectivity index (χ0n) is 12.5. The van der Waals surface area contributed by atoms with Gasteiger partial charge in [-0.3, -0.25) is 0 Å². The summed E-state index contributed by atoms with van der Waals surface area (Å²) in [6, 6.07) is 5.96. The van der Waals surface area contributed by atoms with Crippen molar-refractivity contribution in [3.05, 3.63) is 29.0 Å². The van der Waals surface area contributed by atoms with Crippen molar-refractivity contribution in [3.8, 4) is 0 Å². The van der Waals surface area contributed by atoms with Crippen molar-refractivity contribution < 1.29 is 0 Å². The van der Waals surface area contributed by atoms with Crippen LogP contribution in [-0.4, -0.2) is 15.4 Å². The van der Waals surface area contributed by atoms with Gasteiger partial charge in [-0.05, 0) is 42.9 Å². The van der Waals surface area contributed by atoms with Crippen molar-refractivity contribution in [3.63, 3.8) is 0 Å². The maximum Gasteiger partial charge on any atom is 0.111 e. The lowest BCUT2D eigenvalue weighted by atomic mass is 9.82. The second-order valence-electron chi connectivity index (χ2n) is 6.35. The van der Waals surface area contributed by atoms with E-state index in [1.807, 2.05) is 18.2 Å². The van der Waals surface area contributed by atoms with Crippen LogP contribution in [0.15, 0.2) is 18.2 Å². The Hall–Kier alpha value is -0.730. The lowest BCUT2D eigenvalue weighted by Crippen LogP contribution is -2.20. The zero-order chi connectivity index (χ0) is 14.8. The van der Waals surface area contributed by atoms with Crippen LogP contribution in [0.4, 0.5) is 0 Å². The van der Waals surface area contributed by atoms with Crippen LogP contribution in [0.25, 0.3) is 11.0 Å². The summed E-state index contributed by atoms with van der Waals surface area (Å²) in [4.78, 5) is 4.75. The first-order valence-corrected chi connectivity index (χ1v) is 8.79. The molecule has 2 nitrogen and oxygen atoms in total. The lowest BCUT2D eigenvalue weighted by molar-refractivity contribution is 0.257. The van der Waals surface area contributed by atoms with Gasteiger partial charge in [0.15, 0.2) is 0 Å². The molecule has 21 heavy (non-hydrogen) atoms. The number of hydrogen-bond acceptors (Lipinski definition) is 1. The molecule has 1 aromatic heterocycles. The normalized spacial score (nSPS) is 22.8. The third-order valence-electron chi connectivity index (χ3n) is 4.59. The summed E-state index contributed by atoms with van der Waals surface area (Å²) in [6.45, 7) is 3.42. The van der Waals surface area contributed by atoms with Gasteiger partial charge in [0.25, 0.3) is 0 Å². The van der Waals surface area contributed by atoms with Gasteiger partial charge >= 0.3 is 0 Å². The van der Waals surface area contributed by atoms with Crippen LogP contribution in [0, 0.1) is 11.8 Å². The quantitative estimate of drug-likeness (QED) is 0.698. The predicted octanol–water partition coefficient (Wildman–Crippen LogP) is 5.30. The maximum atomic E-state index is 6.18. The highest BCUT2D eigenvalue weighted by Crippen LogP contribution is 2.31. The molecule has 1 aliphatic carbocycles. The lowest BCUT2D eigenvalue weighted by Gasteiger charge is -2.27. The van der Waals surface area contributed by atoms with Gasteiger partial charge in [-0.1, -0.05) is 31.4 Å². The fourth-order valence-corrected chi connectivity index (χ4v) is 3.94. The number of benzene rings is 1. The van der Waals surface area contributed by atoms with E-state index in [-0.39, 0.29) is 0 Å². The van der Waals surface area contributed by atoms with Crippen molar-refractivity contribution in [2.24, 2.45) is 11.8 Å². The van der Waals surface area contributed by atoms with Crippen molar-refractivity contribution >= 4 is 34.2 Å². The molecule has 0 aliphatic heterocycles. The molecule has 2 unspecified atom stereocenters. The molecule has 0 saturated heterocycles. The summed E-state index contributed by atoms with van der Waals surface area (Å²) in [7, 11) is 0. The standard InChI is InChI=1S/C17H22Cl2N2/c1-12-3-2-4-13(9-12)11-21-16-10-14(19)5-6-15(16)20-17(21)7-8-18/h5-6,10,12-13H,2-4,7-9,11H2,1H3. The van der Waals surface area contributed by atoms with Gasteiger partial charge in [0.05, 0.1) is 11.0 Å². The van der Waals surface area contributed by atoms with Crippen molar-refractivity contribution in [1.82, 2.24) is 9.55 Å². The first-order valence-electron chi connectivity index (χ1n) is 7.88. The molecule has 0 radical (unpaired) electrons. The number of hydrogen-bond donors (Lipinski definition) is 0. The molecule has 1 aliphatic rings. The van der Waals surface area contributed by atoms with Crippen LogP contribution in [0.1, 0.15) is 38.4 Å². The fraction of sp³-hybridized carbons (Fsp3) is 0.588. The molecule has 0 spiro atoms.